The highest BCUT2D eigenvalue weighted by Crippen LogP contribution is 2.14. The van der Waals surface area contributed by atoms with Crippen LogP contribution >= 0.6 is 0 Å². The lowest BCUT2D eigenvalue weighted by atomic mass is 10.2. The lowest BCUT2D eigenvalue weighted by Gasteiger charge is -2.11. The van der Waals surface area contributed by atoms with Gasteiger partial charge in [-0.1, -0.05) is 25.1 Å². The van der Waals surface area contributed by atoms with Crippen molar-refractivity contribution in [3.05, 3.63) is 56.7 Å². The number of benzene rings is 1. The van der Waals surface area contributed by atoms with Gasteiger partial charge >= 0.3 is 5.69 Å². The molecule has 0 bridgehead atoms. The summed E-state index contributed by atoms with van der Waals surface area (Å²) in [7, 11) is 0. The number of carbonyl (C=O) groups excluding carboxylic acids is 1. The first-order chi connectivity index (χ1) is 10.0. The zero-order valence-corrected chi connectivity index (χ0v) is 11.6. The van der Waals surface area contributed by atoms with E-state index >= 15 is 0 Å². The fraction of sp³-hybridized carbons (Fsp3) is 0.214. The molecule has 7 heteroatoms. The van der Waals surface area contributed by atoms with E-state index in [1.807, 2.05) is 13.0 Å². The van der Waals surface area contributed by atoms with Gasteiger partial charge in [-0.25, -0.2) is 4.79 Å². The number of H-pyrrole nitrogens is 1. The number of aromatic nitrogens is 2. The lowest BCUT2D eigenvalue weighted by Crippen LogP contribution is -2.40. The van der Waals surface area contributed by atoms with E-state index in [-0.39, 0.29) is 17.9 Å². The topological polar surface area (TPSA) is 110 Å². The van der Waals surface area contributed by atoms with Gasteiger partial charge in [-0.2, -0.15) is 0 Å². The van der Waals surface area contributed by atoms with Crippen molar-refractivity contribution in [3.63, 3.8) is 0 Å². The number of rotatable bonds is 5. The summed E-state index contributed by atoms with van der Waals surface area (Å²) in [6, 6.07) is 8.86. The Labute approximate surface area is 120 Å². The van der Waals surface area contributed by atoms with Crippen molar-refractivity contribution in [1.29, 1.82) is 0 Å². The van der Waals surface area contributed by atoms with Gasteiger partial charge in [0.1, 0.15) is 11.4 Å². The maximum atomic E-state index is 12.2. The molecule has 2 aromatic rings. The SMILES string of the molecule is CCCn1c(=O)[nH]c(Nc2ccccc2)c(C(N)=O)c1=O. The van der Waals surface area contributed by atoms with Crippen LogP contribution in [0.15, 0.2) is 39.9 Å². The van der Waals surface area contributed by atoms with Crippen molar-refractivity contribution in [3.8, 4) is 0 Å². The highest BCUT2D eigenvalue weighted by molar-refractivity contribution is 5.97. The third-order valence-corrected chi connectivity index (χ3v) is 2.92. The van der Waals surface area contributed by atoms with Crippen molar-refractivity contribution in [2.75, 3.05) is 5.32 Å². The van der Waals surface area contributed by atoms with Gasteiger partial charge in [-0.3, -0.25) is 19.1 Å². The van der Waals surface area contributed by atoms with Crippen molar-refractivity contribution >= 4 is 17.4 Å². The Bertz CT molecular complexity index is 762. The van der Waals surface area contributed by atoms with Gasteiger partial charge in [-0.15, -0.1) is 0 Å². The summed E-state index contributed by atoms with van der Waals surface area (Å²) in [4.78, 5) is 38.2. The van der Waals surface area contributed by atoms with Crippen LogP contribution in [0.4, 0.5) is 11.5 Å². The van der Waals surface area contributed by atoms with Crippen LogP contribution in [0.3, 0.4) is 0 Å². The summed E-state index contributed by atoms with van der Waals surface area (Å²) in [5, 5.41) is 2.84. The number of para-hydroxylation sites is 1. The second kappa shape index (κ2) is 6.08. The molecule has 0 atom stereocenters. The Morgan fingerprint density at radius 3 is 2.52 bits per heavy atom. The molecule has 1 aromatic carbocycles. The number of aromatic amines is 1. The molecule has 21 heavy (non-hydrogen) atoms. The molecule has 0 saturated heterocycles. The number of hydrogen-bond donors (Lipinski definition) is 3. The Balaban J connectivity index is 2.58. The van der Waals surface area contributed by atoms with E-state index in [1.165, 1.54) is 0 Å². The van der Waals surface area contributed by atoms with E-state index in [4.69, 9.17) is 5.73 Å². The first kappa shape index (κ1) is 14.6. The molecule has 0 aliphatic rings. The van der Waals surface area contributed by atoms with Crippen LogP contribution in [0.5, 0.6) is 0 Å². The summed E-state index contributed by atoms with van der Waals surface area (Å²) in [5.74, 6) is -0.879. The third kappa shape index (κ3) is 3.02. The fourth-order valence-electron chi connectivity index (χ4n) is 1.99. The Morgan fingerprint density at radius 1 is 1.29 bits per heavy atom. The Kier molecular flexibility index (Phi) is 4.22. The Hall–Kier alpha value is -2.83. The highest BCUT2D eigenvalue weighted by atomic mass is 16.2. The number of carbonyl (C=O) groups is 1. The molecule has 4 N–H and O–H groups in total. The minimum absolute atomic E-state index is 0.0102. The minimum atomic E-state index is -0.889. The lowest BCUT2D eigenvalue weighted by molar-refractivity contribution is 0.0998. The van der Waals surface area contributed by atoms with Gasteiger partial charge in [-0.05, 0) is 18.6 Å². The molecule has 0 unspecified atom stereocenters. The molecule has 0 fully saturated rings. The molecule has 1 aromatic heterocycles. The molecule has 2 rings (SSSR count). The summed E-state index contributed by atoms with van der Waals surface area (Å²) in [6.45, 7) is 2.05. The van der Waals surface area contributed by atoms with E-state index in [2.05, 4.69) is 10.3 Å². The molecule has 0 radical (unpaired) electrons. The van der Waals surface area contributed by atoms with Gasteiger partial charge in [0.15, 0.2) is 0 Å². The Morgan fingerprint density at radius 2 is 1.95 bits per heavy atom. The number of hydrogen-bond acceptors (Lipinski definition) is 4. The molecule has 7 nitrogen and oxygen atoms in total. The summed E-state index contributed by atoms with van der Waals surface area (Å²) >= 11 is 0. The average Bonchev–Trinajstić information content (AvgIpc) is 2.44. The maximum Gasteiger partial charge on any atom is 0.329 e. The highest BCUT2D eigenvalue weighted by Gasteiger charge is 2.18. The van der Waals surface area contributed by atoms with Crippen LogP contribution in [0.2, 0.25) is 0 Å². The largest absolute Gasteiger partial charge is 0.365 e. The van der Waals surface area contributed by atoms with E-state index < -0.39 is 17.2 Å². The first-order valence-electron chi connectivity index (χ1n) is 6.53. The molecule has 0 aliphatic heterocycles. The number of primary amides is 1. The predicted octanol–water partition coefficient (Wildman–Crippen LogP) is 0.789. The molecular formula is C14H16N4O3. The van der Waals surface area contributed by atoms with E-state index in [1.54, 1.807) is 24.3 Å². The van der Waals surface area contributed by atoms with Crippen LogP contribution in [0, 0.1) is 0 Å². The molecule has 0 aliphatic carbocycles. The zero-order chi connectivity index (χ0) is 15.4. The summed E-state index contributed by atoms with van der Waals surface area (Å²) in [6.07, 6.45) is 0.590. The predicted molar refractivity (Wildman–Crippen MR) is 79.9 cm³/mol. The van der Waals surface area contributed by atoms with Crippen LogP contribution in [-0.4, -0.2) is 15.5 Å². The smallest absolute Gasteiger partial charge is 0.329 e. The van der Waals surface area contributed by atoms with Crippen molar-refractivity contribution in [2.24, 2.45) is 5.73 Å². The van der Waals surface area contributed by atoms with Gasteiger partial charge in [0, 0.05) is 12.2 Å². The van der Waals surface area contributed by atoms with Gasteiger partial charge in [0.05, 0.1) is 0 Å². The maximum absolute atomic E-state index is 12.2. The second-order valence-electron chi connectivity index (χ2n) is 4.49. The van der Waals surface area contributed by atoms with Crippen LogP contribution in [0.25, 0.3) is 0 Å². The van der Waals surface area contributed by atoms with Gasteiger partial charge in [0.2, 0.25) is 0 Å². The van der Waals surface area contributed by atoms with E-state index in [9.17, 15) is 14.4 Å². The minimum Gasteiger partial charge on any atom is -0.365 e. The van der Waals surface area contributed by atoms with Crippen LogP contribution in [0.1, 0.15) is 23.7 Å². The van der Waals surface area contributed by atoms with Crippen LogP contribution in [-0.2, 0) is 6.54 Å². The molecule has 110 valence electrons. The molecule has 1 heterocycles. The normalized spacial score (nSPS) is 10.3. The first-order valence-corrected chi connectivity index (χ1v) is 6.53. The third-order valence-electron chi connectivity index (χ3n) is 2.92. The van der Waals surface area contributed by atoms with Crippen molar-refractivity contribution in [2.45, 2.75) is 19.9 Å². The fourth-order valence-corrected chi connectivity index (χ4v) is 1.99. The number of amides is 1. The van der Waals surface area contributed by atoms with Gasteiger partial charge < -0.3 is 11.1 Å². The van der Waals surface area contributed by atoms with Crippen molar-refractivity contribution in [1.82, 2.24) is 9.55 Å². The standard InChI is InChI=1S/C14H16N4O3/c1-2-8-18-13(20)10(11(15)19)12(17-14(18)21)16-9-6-4-3-5-7-9/h3-7,16H,2,8H2,1H3,(H2,15,19)(H,17,21). The van der Waals surface area contributed by atoms with E-state index in [0.29, 0.717) is 12.1 Å². The summed E-state index contributed by atoms with van der Waals surface area (Å²) in [5.41, 5.74) is 4.37. The molecular weight excluding hydrogens is 272 g/mol. The van der Waals surface area contributed by atoms with Crippen molar-refractivity contribution < 1.29 is 4.79 Å². The summed E-state index contributed by atoms with van der Waals surface area (Å²) < 4.78 is 0.969. The van der Waals surface area contributed by atoms with E-state index in [0.717, 1.165) is 4.57 Å². The second-order valence-corrected chi connectivity index (χ2v) is 4.49. The zero-order valence-electron chi connectivity index (χ0n) is 11.6. The molecule has 0 saturated carbocycles. The molecule has 1 amide bonds. The number of nitrogens with two attached hydrogens (primary N) is 1. The molecule has 0 spiro atoms. The quantitative estimate of drug-likeness (QED) is 0.755. The number of anilines is 2. The monoisotopic (exact) mass is 288 g/mol. The number of nitrogens with zero attached hydrogens (tertiary/aromatic N) is 1. The van der Waals surface area contributed by atoms with Gasteiger partial charge in [0.25, 0.3) is 11.5 Å². The average molecular weight is 288 g/mol. The van der Waals surface area contributed by atoms with Crippen LogP contribution < -0.4 is 22.3 Å². The number of nitrogens with one attached hydrogen (secondary N) is 2.